The molecule has 1 aliphatic rings. The molecule has 0 radical (unpaired) electrons. The summed E-state index contributed by atoms with van der Waals surface area (Å²) in [6.07, 6.45) is 3.01. The molecule has 0 aliphatic heterocycles. The summed E-state index contributed by atoms with van der Waals surface area (Å²) in [6.45, 7) is 8.70. The summed E-state index contributed by atoms with van der Waals surface area (Å²) in [4.78, 5) is 39.2. The van der Waals surface area contributed by atoms with Crippen LogP contribution in [0.2, 0.25) is 0 Å². The van der Waals surface area contributed by atoms with Crippen molar-refractivity contribution in [3.8, 4) is 28.4 Å². The fraction of sp³-hybridized carbons (Fsp3) is 0.324. The second-order valence-corrected chi connectivity index (χ2v) is 11.7. The highest BCUT2D eigenvalue weighted by Crippen LogP contribution is 2.42. The average Bonchev–Trinajstić information content (AvgIpc) is 3.53. The van der Waals surface area contributed by atoms with Gasteiger partial charge in [-0.25, -0.2) is 14.8 Å². The molecule has 5 rings (SSSR count). The molecule has 12 heteroatoms. The van der Waals surface area contributed by atoms with Gasteiger partial charge in [0.2, 0.25) is 11.9 Å². The van der Waals surface area contributed by atoms with E-state index < -0.39 is 5.97 Å². The largest absolute Gasteiger partial charge is 0.494 e. The predicted octanol–water partition coefficient (Wildman–Crippen LogP) is 4.89. The van der Waals surface area contributed by atoms with E-state index >= 15 is 0 Å². The highest BCUT2D eigenvalue weighted by atomic mass is 16.5. The van der Waals surface area contributed by atoms with E-state index in [-0.39, 0.29) is 23.5 Å². The van der Waals surface area contributed by atoms with E-state index in [1.54, 1.807) is 31.7 Å². The maximum absolute atomic E-state index is 13.3. The first-order chi connectivity index (χ1) is 22.0. The second kappa shape index (κ2) is 13.4. The molecule has 1 aliphatic carbocycles. The van der Waals surface area contributed by atoms with Gasteiger partial charge in [0.1, 0.15) is 17.0 Å². The number of aryl methyl sites for hydroxylation is 1. The molecule has 0 bridgehead atoms. The van der Waals surface area contributed by atoms with Crippen molar-refractivity contribution in [1.29, 1.82) is 0 Å². The average molecular weight is 625 g/mol. The van der Waals surface area contributed by atoms with Crippen molar-refractivity contribution in [3.63, 3.8) is 0 Å². The third-order valence-corrected chi connectivity index (χ3v) is 7.66. The van der Waals surface area contributed by atoms with Gasteiger partial charge in [-0.1, -0.05) is 30.8 Å². The number of anilines is 4. The van der Waals surface area contributed by atoms with Crippen molar-refractivity contribution < 1.29 is 19.1 Å². The summed E-state index contributed by atoms with van der Waals surface area (Å²) in [5.41, 5.74) is 7.21. The lowest BCUT2D eigenvalue weighted by Gasteiger charge is -2.26. The number of methoxy groups -OCH3 is 1. The summed E-state index contributed by atoms with van der Waals surface area (Å²) in [5, 5.41) is 11.0. The van der Waals surface area contributed by atoms with Crippen LogP contribution in [0, 0.1) is 0 Å². The van der Waals surface area contributed by atoms with E-state index in [0.29, 0.717) is 41.5 Å². The number of benzene rings is 2. The van der Waals surface area contributed by atoms with Crippen molar-refractivity contribution >= 4 is 34.9 Å². The Balaban J connectivity index is 1.59. The first-order valence-electron chi connectivity index (χ1n) is 15.0. The Morgan fingerprint density at radius 2 is 1.87 bits per heavy atom. The van der Waals surface area contributed by atoms with Crippen molar-refractivity contribution in [1.82, 2.24) is 24.6 Å². The van der Waals surface area contributed by atoms with Gasteiger partial charge in [0.05, 0.1) is 41.7 Å². The van der Waals surface area contributed by atoms with Crippen molar-refractivity contribution in [2.45, 2.75) is 26.4 Å². The van der Waals surface area contributed by atoms with Gasteiger partial charge in [0.25, 0.3) is 0 Å². The van der Waals surface area contributed by atoms with Crippen LogP contribution >= 0.6 is 0 Å². The molecule has 2 heterocycles. The van der Waals surface area contributed by atoms with Crippen molar-refractivity contribution in [3.05, 3.63) is 71.9 Å². The smallest absolute Gasteiger partial charge is 0.342 e. The molecule has 4 aromatic rings. The van der Waals surface area contributed by atoms with Gasteiger partial charge in [0.15, 0.2) is 0 Å². The lowest BCUT2D eigenvalue weighted by molar-refractivity contribution is -0.111. The van der Waals surface area contributed by atoms with Crippen molar-refractivity contribution in [2.75, 3.05) is 56.9 Å². The molecule has 0 saturated carbocycles. The molecule has 46 heavy (non-hydrogen) atoms. The molecule has 12 nitrogen and oxygen atoms in total. The Hall–Kier alpha value is -5.23. The topological polar surface area (TPSA) is 127 Å². The Morgan fingerprint density at radius 3 is 2.57 bits per heavy atom. The van der Waals surface area contributed by atoms with Crippen LogP contribution in [0.4, 0.5) is 23.0 Å². The lowest BCUT2D eigenvalue weighted by atomic mass is 10.1. The molecular formula is C34H40N8O4. The first-order valence-corrected chi connectivity index (χ1v) is 15.0. The molecule has 0 saturated heterocycles. The molecule has 2 N–H and O–H groups in total. The van der Waals surface area contributed by atoms with Crippen LogP contribution in [0.15, 0.2) is 55.3 Å². The minimum absolute atomic E-state index is 0.217. The van der Waals surface area contributed by atoms with Gasteiger partial charge in [-0.3, -0.25) is 9.48 Å². The number of esters is 1. The fourth-order valence-corrected chi connectivity index (χ4v) is 5.42. The molecule has 2 aromatic heterocycles. The van der Waals surface area contributed by atoms with E-state index in [1.807, 2.05) is 51.3 Å². The standard InChI is InChI=1S/C34H40N8O4/c1-9-29(43)36-25-17-26(28(45-8)18-27(25)41(6)15-14-40(4)5)37-34-35-19-24(33(44)46-20(2)3)31(38-34)32-23-16-21-12-10-11-13-22(21)30(23)39-42(32)7/h9-13,17-20H,1,14-16H2,2-8H3,(H,36,43)(H,35,37,38). The van der Waals surface area contributed by atoms with Crippen LogP contribution in [0.1, 0.15) is 35.3 Å². The van der Waals surface area contributed by atoms with E-state index in [1.165, 1.54) is 12.3 Å². The minimum Gasteiger partial charge on any atom is -0.494 e. The summed E-state index contributed by atoms with van der Waals surface area (Å²) in [6, 6.07) is 11.7. The maximum atomic E-state index is 13.3. The molecule has 0 unspecified atom stereocenters. The fourth-order valence-electron chi connectivity index (χ4n) is 5.42. The number of hydrogen-bond acceptors (Lipinski definition) is 10. The van der Waals surface area contributed by atoms with Crippen LogP contribution < -0.4 is 20.3 Å². The maximum Gasteiger partial charge on any atom is 0.342 e. The summed E-state index contributed by atoms with van der Waals surface area (Å²) < 4.78 is 13.1. The Bertz CT molecular complexity index is 1800. The number of hydrogen-bond donors (Lipinski definition) is 2. The summed E-state index contributed by atoms with van der Waals surface area (Å²) >= 11 is 0. The molecule has 2 aromatic carbocycles. The van der Waals surface area contributed by atoms with Crippen LogP contribution in [-0.2, 0) is 23.0 Å². The molecule has 0 atom stereocenters. The van der Waals surface area contributed by atoms with Crippen LogP contribution in [-0.4, -0.2) is 84.0 Å². The van der Waals surface area contributed by atoms with Crippen LogP contribution in [0.3, 0.4) is 0 Å². The van der Waals surface area contributed by atoms with E-state index in [4.69, 9.17) is 19.6 Å². The number of amides is 1. The number of nitrogens with one attached hydrogen (secondary N) is 2. The number of fused-ring (bicyclic) bond motifs is 3. The molecule has 1 amide bonds. The molecular weight excluding hydrogens is 584 g/mol. The molecule has 0 spiro atoms. The number of likely N-dealkylation sites (N-methyl/N-ethyl adjacent to an activating group) is 2. The van der Waals surface area contributed by atoms with E-state index in [2.05, 4.69) is 39.2 Å². The van der Waals surface area contributed by atoms with Crippen molar-refractivity contribution in [2.24, 2.45) is 7.05 Å². The van der Waals surface area contributed by atoms with Gasteiger partial charge in [-0.2, -0.15) is 5.10 Å². The minimum atomic E-state index is -0.529. The zero-order valence-corrected chi connectivity index (χ0v) is 27.3. The van der Waals surface area contributed by atoms with Gasteiger partial charge in [-0.15, -0.1) is 0 Å². The molecule has 240 valence electrons. The number of nitrogens with zero attached hydrogens (tertiary/aromatic N) is 6. The molecule has 0 fully saturated rings. The first kappa shape index (κ1) is 32.2. The Morgan fingerprint density at radius 1 is 1.11 bits per heavy atom. The lowest BCUT2D eigenvalue weighted by Crippen LogP contribution is -2.29. The second-order valence-electron chi connectivity index (χ2n) is 11.7. The van der Waals surface area contributed by atoms with Gasteiger partial charge in [-0.05, 0) is 45.6 Å². The van der Waals surface area contributed by atoms with Crippen LogP contribution in [0.25, 0.3) is 22.6 Å². The third-order valence-electron chi connectivity index (χ3n) is 7.66. The predicted molar refractivity (Wildman–Crippen MR) is 180 cm³/mol. The summed E-state index contributed by atoms with van der Waals surface area (Å²) in [7, 11) is 9.36. The number of aromatic nitrogens is 4. The van der Waals surface area contributed by atoms with E-state index in [9.17, 15) is 9.59 Å². The normalized spacial score (nSPS) is 11.7. The summed E-state index contributed by atoms with van der Waals surface area (Å²) in [5.74, 6) is -0.154. The number of carbonyl (C=O) groups excluding carboxylic acids is 2. The van der Waals surface area contributed by atoms with E-state index in [0.717, 1.165) is 34.6 Å². The van der Waals surface area contributed by atoms with Gasteiger partial charge in [0, 0.05) is 57.0 Å². The number of rotatable bonds is 12. The highest BCUT2D eigenvalue weighted by Gasteiger charge is 2.31. The highest BCUT2D eigenvalue weighted by molar-refractivity contribution is 6.02. The quantitative estimate of drug-likeness (QED) is 0.146. The Labute approximate surface area is 269 Å². The number of ether oxygens (including phenoxy) is 2. The monoisotopic (exact) mass is 624 g/mol. The zero-order chi connectivity index (χ0) is 33.1. The van der Waals surface area contributed by atoms with Crippen LogP contribution in [0.5, 0.6) is 5.75 Å². The van der Waals surface area contributed by atoms with Gasteiger partial charge < -0.3 is 29.9 Å². The SMILES string of the molecule is C=CC(=O)Nc1cc(Nc2ncc(C(=O)OC(C)C)c(-c3c4c(nn3C)-c3ccccc3C4)n2)c(OC)cc1N(C)CCN(C)C. The number of carbonyl (C=O) groups is 2. The third kappa shape index (κ3) is 6.57. The van der Waals surface area contributed by atoms with Gasteiger partial charge >= 0.3 is 5.97 Å². The Kier molecular flexibility index (Phi) is 9.38. The zero-order valence-electron chi connectivity index (χ0n) is 27.3.